The van der Waals surface area contributed by atoms with Crippen LogP contribution in [0.1, 0.15) is 53.4 Å². The van der Waals surface area contributed by atoms with Crippen molar-refractivity contribution in [1.82, 2.24) is 9.80 Å². The van der Waals surface area contributed by atoms with Crippen LogP contribution in [0.25, 0.3) is 0 Å². The minimum absolute atomic E-state index is 0.0374. The third-order valence-electron chi connectivity index (χ3n) is 4.04. The molecule has 1 heterocycles. The molecule has 2 aliphatic rings. The van der Waals surface area contributed by atoms with E-state index in [0.29, 0.717) is 6.54 Å². The molecule has 1 saturated carbocycles. The van der Waals surface area contributed by atoms with Gasteiger partial charge in [-0.1, -0.05) is 0 Å². The highest BCUT2D eigenvalue weighted by molar-refractivity contribution is 5.81. The second-order valence-electron chi connectivity index (χ2n) is 7.49. The van der Waals surface area contributed by atoms with Gasteiger partial charge < -0.3 is 20.3 Å². The maximum Gasteiger partial charge on any atom is 0.410 e. The number of carbonyl (C=O) groups is 2. The number of amides is 2. The van der Waals surface area contributed by atoms with E-state index in [-0.39, 0.29) is 24.1 Å². The van der Waals surface area contributed by atoms with Gasteiger partial charge in [0.25, 0.3) is 0 Å². The van der Waals surface area contributed by atoms with Crippen LogP contribution in [-0.4, -0.2) is 58.6 Å². The molecule has 0 bridgehead atoms. The van der Waals surface area contributed by atoms with Crippen LogP contribution in [0.15, 0.2) is 0 Å². The highest BCUT2D eigenvalue weighted by Crippen LogP contribution is 2.32. The molecule has 0 radical (unpaired) electrons. The van der Waals surface area contributed by atoms with Crippen molar-refractivity contribution in [2.45, 2.75) is 77.1 Å². The van der Waals surface area contributed by atoms with Crippen LogP contribution in [0, 0.1) is 0 Å². The van der Waals surface area contributed by atoms with E-state index in [1.165, 1.54) is 0 Å². The number of hydrogen-bond donors (Lipinski definition) is 1. The first-order valence-electron chi connectivity index (χ1n) is 8.24. The lowest BCUT2D eigenvalue weighted by molar-refractivity contribution is -0.134. The molecule has 2 rings (SSSR count). The molecule has 0 unspecified atom stereocenters. The van der Waals surface area contributed by atoms with Crippen molar-refractivity contribution in [2.75, 3.05) is 13.1 Å². The van der Waals surface area contributed by atoms with Crippen molar-refractivity contribution < 1.29 is 14.3 Å². The Balaban J connectivity index is 2.05. The summed E-state index contributed by atoms with van der Waals surface area (Å²) in [5.41, 5.74) is 5.21. The fourth-order valence-corrected chi connectivity index (χ4v) is 2.93. The Morgan fingerprint density at radius 2 is 1.86 bits per heavy atom. The third-order valence-corrected chi connectivity index (χ3v) is 4.04. The number of nitrogens with two attached hydrogens (primary N) is 1. The summed E-state index contributed by atoms with van der Waals surface area (Å²) in [5, 5.41) is 0. The van der Waals surface area contributed by atoms with Crippen LogP contribution in [0.4, 0.5) is 4.79 Å². The maximum atomic E-state index is 12.5. The summed E-state index contributed by atoms with van der Waals surface area (Å²) in [6, 6.07) is -0.182. The summed E-state index contributed by atoms with van der Waals surface area (Å²) in [6.45, 7) is 8.63. The van der Waals surface area contributed by atoms with E-state index in [1.54, 1.807) is 11.8 Å². The van der Waals surface area contributed by atoms with Crippen LogP contribution in [-0.2, 0) is 9.53 Å². The van der Waals surface area contributed by atoms with Gasteiger partial charge in [0.15, 0.2) is 0 Å². The molecule has 1 aliphatic carbocycles. The fourth-order valence-electron chi connectivity index (χ4n) is 2.93. The number of likely N-dealkylation sites (tertiary alicyclic amines) is 1. The normalized spacial score (nSPS) is 23.9. The van der Waals surface area contributed by atoms with E-state index in [9.17, 15) is 9.59 Å². The maximum absolute atomic E-state index is 12.5. The van der Waals surface area contributed by atoms with E-state index in [1.807, 2.05) is 25.7 Å². The SMILES string of the molecule is C[C@H](N)C(=O)N1CCC[C@@H](N(C(=O)OC(C)(C)C)C2CC2)C1. The standard InChI is InChI=1S/C16H29N3O3/c1-11(17)14(20)18-9-5-6-13(10-18)19(12-7-8-12)15(21)22-16(2,3)4/h11-13H,5-10,17H2,1-4H3/t11-,13+/m0/s1. The van der Waals surface area contributed by atoms with E-state index in [2.05, 4.69) is 0 Å². The number of ether oxygens (including phenoxy) is 1. The Labute approximate surface area is 132 Å². The second kappa shape index (κ2) is 6.44. The monoisotopic (exact) mass is 311 g/mol. The summed E-state index contributed by atoms with van der Waals surface area (Å²) in [4.78, 5) is 28.3. The van der Waals surface area contributed by atoms with Gasteiger partial charge in [0.2, 0.25) is 5.91 Å². The summed E-state index contributed by atoms with van der Waals surface area (Å²) in [5.74, 6) is -0.0374. The first kappa shape index (κ1) is 17.1. The van der Waals surface area contributed by atoms with Crippen LogP contribution in [0.2, 0.25) is 0 Å². The molecule has 6 nitrogen and oxygen atoms in total. The predicted octanol–water partition coefficient (Wildman–Crippen LogP) is 1.72. The van der Waals surface area contributed by atoms with Crippen LogP contribution < -0.4 is 5.73 Å². The van der Waals surface area contributed by atoms with Gasteiger partial charge in [0.1, 0.15) is 5.60 Å². The molecule has 2 N–H and O–H groups in total. The van der Waals surface area contributed by atoms with Crippen molar-refractivity contribution in [1.29, 1.82) is 0 Å². The molecule has 2 fully saturated rings. The molecule has 22 heavy (non-hydrogen) atoms. The average Bonchev–Trinajstić information content (AvgIpc) is 3.20. The Morgan fingerprint density at radius 3 is 2.36 bits per heavy atom. The summed E-state index contributed by atoms with van der Waals surface area (Å²) < 4.78 is 5.56. The van der Waals surface area contributed by atoms with Gasteiger partial charge in [0, 0.05) is 19.1 Å². The molecule has 0 spiro atoms. The minimum Gasteiger partial charge on any atom is -0.444 e. The van der Waals surface area contributed by atoms with Crippen molar-refractivity contribution in [3.63, 3.8) is 0 Å². The largest absolute Gasteiger partial charge is 0.444 e. The molecule has 0 aromatic rings. The van der Waals surface area contributed by atoms with Gasteiger partial charge in [-0.3, -0.25) is 4.79 Å². The molecular formula is C16H29N3O3. The quantitative estimate of drug-likeness (QED) is 0.861. The van der Waals surface area contributed by atoms with E-state index in [4.69, 9.17) is 10.5 Å². The Kier molecular flexibility index (Phi) is 5.00. The predicted molar refractivity (Wildman–Crippen MR) is 84.3 cm³/mol. The molecule has 1 aliphatic heterocycles. The first-order valence-corrected chi connectivity index (χ1v) is 8.24. The van der Waals surface area contributed by atoms with Crippen molar-refractivity contribution in [3.05, 3.63) is 0 Å². The van der Waals surface area contributed by atoms with E-state index < -0.39 is 11.6 Å². The highest BCUT2D eigenvalue weighted by atomic mass is 16.6. The van der Waals surface area contributed by atoms with Gasteiger partial charge in [-0.05, 0) is 53.4 Å². The number of piperidine rings is 1. The number of carbonyl (C=O) groups excluding carboxylic acids is 2. The van der Waals surface area contributed by atoms with Gasteiger partial charge in [-0.2, -0.15) is 0 Å². The summed E-state index contributed by atoms with van der Waals surface area (Å²) in [7, 11) is 0. The third kappa shape index (κ3) is 4.35. The number of nitrogens with zero attached hydrogens (tertiary/aromatic N) is 2. The Bertz CT molecular complexity index is 427. The lowest BCUT2D eigenvalue weighted by Crippen LogP contribution is -2.55. The first-order chi connectivity index (χ1) is 10.2. The van der Waals surface area contributed by atoms with Crippen LogP contribution in [0.3, 0.4) is 0 Å². The van der Waals surface area contributed by atoms with Gasteiger partial charge in [0.05, 0.1) is 12.1 Å². The summed E-state index contributed by atoms with van der Waals surface area (Å²) in [6.07, 6.45) is 3.61. The van der Waals surface area contributed by atoms with Crippen molar-refractivity contribution >= 4 is 12.0 Å². The van der Waals surface area contributed by atoms with E-state index >= 15 is 0 Å². The molecule has 6 heteroatoms. The van der Waals surface area contributed by atoms with Gasteiger partial charge in [-0.15, -0.1) is 0 Å². The van der Waals surface area contributed by atoms with Crippen LogP contribution >= 0.6 is 0 Å². The second-order valence-corrected chi connectivity index (χ2v) is 7.49. The molecule has 2 amide bonds. The van der Waals surface area contributed by atoms with Crippen molar-refractivity contribution in [2.24, 2.45) is 5.73 Å². The van der Waals surface area contributed by atoms with E-state index in [0.717, 1.165) is 32.2 Å². The smallest absolute Gasteiger partial charge is 0.410 e. The summed E-state index contributed by atoms with van der Waals surface area (Å²) >= 11 is 0. The minimum atomic E-state index is -0.500. The highest BCUT2D eigenvalue weighted by Gasteiger charge is 2.41. The van der Waals surface area contributed by atoms with Crippen molar-refractivity contribution in [3.8, 4) is 0 Å². The Morgan fingerprint density at radius 1 is 1.23 bits per heavy atom. The lowest BCUT2D eigenvalue weighted by Gasteiger charge is -2.40. The number of rotatable bonds is 3. The fraction of sp³-hybridized carbons (Fsp3) is 0.875. The van der Waals surface area contributed by atoms with Crippen LogP contribution in [0.5, 0.6) is 0 Å². The number of hydrogen-bond acceptors (Lipinski definition) is 4. The van der Waals surface area contributed by atoms with Gasteiger partial charge in [-0.25, -0.2) is 4.79 Å². The molecular weight excluding hydrogens is 282 g/mol. The Hall–Kier alpha value is -1.30. The zero-order valence-corrected chi connectivity index (χ0v) is 14.2. The molecule has 0 aromatic carbocycles. The molecule has 1 saturated heterocycles. The zero-order chi connectivity index (χ0) is 16.5. The van der Waals surface area contributed by atoms with Gasteiger partial charge >= 0.3 is 6.09 Å². The zero-order valence-electron chi connectivity index (χ0n) is 14.2. The lowest BCUT2D eigenvalue weighted by atomic mass is 10.0. The molecule has 2 atom stereocenters. The molecule has 126 valence electrons. The topological polar surface area (TPSA) is 75.9 Å². The average molecular weight is 311 g/mol. The molecule has 0 aromatic heterocycles.